The maximum absolute atomic E-state index is 6.36. The number of anilines is 1. The third-order valence-electron chi connectivity index (χ3n) is 6.71. The molecule has 1 aliphatic heterocycles. The molecule has 8 nitrogen and oxygen atoms in total. The van der Waals surface area contributed by atoms with E-state index in [0.29, 0.717) is 0 Å². The first-order valence-electron chi connectivity index (χ1n) is 12.3. The van der Waals surface area contributed by atoms with E-state index in [9.17, 15) is 0 Å². The second-order valence-corrected chi connectivity index (χ2v) is 10.0. The van der Waals surface area contributed by atoms with Crippen molar-refractivity contribution < 1.29 is 4.74 Å². The van der Waals surface area contributed by atoms with Gasteiger partial charge >= 0.3 is 0 Å². The van der Waals surface area contributed by atoms with E-state index in [4.69, 9.17) is 20.4 Å². The number of aromatic nitrogens is 4. The number of imidazole rings is 1. The minimum absolute atomic E-state index is 0.0679. The van der Waals surface area contributed by atoms with Gasteiger partial charge in [0.25, 0.3) is 0 Å². The molecular weight excluding hydrogens is 438 g/mol. The first kappa shape index (κ1) is 23.7. The van der Waals surface area contributed by atoms with Crippen LogP contribution in [0.3, 0.4) is 0 Å². The Morgan fingerprint density at radius 3 is 2.46 bits per heavy atom. The van der Waals surface area contributed by atoms with Crippen molar-refractivity contribution in [2.24, 2.45) is 5.73 Å². The summed E-state index contributed by atoms with van der Waals surface area (Å²) < 4.78 is 8.21. The van der Waals surface area contributed by atoms with E-state index in [1.165, 1.54) is 0 Å². The number of fused-ring (bicyclic) bond motifs is 3. The highest BCUT2D eigenvalue weighted by atomic mass is 16.5. The van der Waals surface area contributed by atoms with E-state index in [1.807, 2.05) is 25.4 Å². The fourth-order valence-corrected chi connectivity index (χ4v) is 4.93. The number of nitrogens with zero attached hydrogens (tertiary/aromatic N) is 6. The number of pyridine rings is 1. The number of benzene rings is 1. The summed E-state index contributed by atoms with van der Waals surface area (Å²) in [5.41, 5.74) is 13.4. The smallest absolute Gasteiger partial charge is 0.211 e. The second-order valence-electron chi connectivity index (χ2n) is 10.0. The molecule has 0 radical (unpaired) electrons. The van der Waals surface area contributed by atoms with E-state index in [1.54, 1.807) is 0 Å². The molecule has 1 aliphatic rings. The molecule has 0 amide bonds. The molecule has 5 rings (SSSR count). The Hall–Kier alpha value is -3.07. The minimum Gasteiger partial charge on any atom is -0.372 e. The van der Waals surface area contributed by atoms with Gasteiger partial charge in [0.1, 0.15) is 0 Å². The Bertz CT molecular complexity index is 1320. The third-order valence-corrected chi connectivity index (χ3v) is 6.71. The van der Waals surface area contributed by atoms with E-state index in [0.717, 1.165) is 71.1 Å². The molecule has 1 unspecified atom stereocenters. The highest BCUT2D eigenvalue weighted by Gasteiger charge is 2.26. The van der Waals surface area contributed by atoms with Crippen molar-refractivity contribution in [3.05, 3.63) is 54.1 Å². The lowest BCUT2D eigenvalue weighted by Gasteiger charge is -2.35. The molecule has 0 aliphatic carbocycles. The topological polar surface area (TPSA) is 84.8 Å². The van der Waals surface area contributed by atoms with Crippen LogP contribution in [0.2, 0.25) is 0 Å². The zero-order valence-electron chi connectivity index (χ0n) is 21.3. The molecule has 0 spiro atoms. The Morgan fingerprint density at radius 2 is 1.77 bits per heavy atom. The first-order valence-corrected chi connectivity index (χ1v) is 12.3. The Balaban J connectivity index is 1.53. The molecule has 2 N–H and O–H groups in total. The van der Waals surface area contributed by atoms with Crippen LogP contribution < -0.4 is 10.6 Å². The maximum atomic E-state index is 6.36. The van der Waals surface area contributed by atoms with Gasteiger partial charge in [0.2, 0.25) is 5.95 Å². The van der Waals surface area contributed by atoms with Gasteiger partial charge in [-0.15, -0.1) is 0 Å². The Labute approximate surface area is 206 Å². The van der Waals surface area contributed by atoms with Gasteiger partial charge in [-0.1, -0.05) is 12.1 Å². The predicted molar refractivity (Wildman–Crippen MR) is 141 cm³/mol. The average Bonchev–Trinajstić information content (AvgIpc) is 3.18. The van der Waals surface area contributed by atoms with Crippen LogP contribution in [0.4, 0.5) is 5.95 Å². The van der Waals surface area contributed by atoms with Crippen LogP contribution in [0.1, 0.15) is 37.7 Å². The molecule has 184 valence electrons. The molecule has 1 fully saturated rings. The summed E-state index contributed by atoms with van der Waals surface area (Å²) in [6.45, 7) is 8.84. The molecule has 3 atom stereocenters. The molecule has 3 aromatic heterocycles. The molecule has 8 heteroatoms. The fraction of sp³-hybridized carbons (Fsp3) is 0.444. The van der Waals surface area contributed by atoms with Crippen molar-refractivity contribution in [2.45, 2.75) is 45.4 Å². The molecule has 4 heterocycles. The summed E-state index contributed by atoms with van der Waals surface area (Å²) in [6, 6.07) is 10.5. The van der Waals surface area contributed by atoms with Gasteiger partial charge < -0.3 is 20.3 Å². The van der Waals surface area contributed by atoms with Crippen molar-refractivity contribution in [1.82, 2.24) is 24.3 Å². The Morgan fingerprint density at radius 1 is 1.03 bits per heavy atom. The fourth-order valence-electron chi connectivity index (χ4n) is 4.93. The van der Waals surface area contributed by atoms with Crippen LogP contribution in [0.15, 0.2) is 42.7 Å². The number of nitrogens with two attached hydrogens (primary N) is 1. The zero-order valence-corrected chi connectivity index (χ0v) is 21.3. The number of hydrogen-bond acceptors (Lipinski definition) is 7. The lowest BCUT2D eigenvalue weighted by molar-refractivity contribution is -0.00573. The third kappa shape index (κ3) is 4.74. The molecule has 1 saturated heterocycles. The molecule has 4 aromatic rings. The standard InChI is InChI=1S/C27H35N7O/c1-17-15-33(16-18(2)35-17)27-31-19(3)26-14-30-24-9-6-20(12-25(24)34(26)27)21-7-8-23(29-13-21)22(28)10-11-32(4)5/h6-9,12-14,17-18,22H,10-11,15-16,28H2,1-5H3/t17-,18+,22?. The SMILES string of the molecule is Cc1nc(N2C[C@@H](C)O[C@@H](C)C2)n2c1cnc1ccc(-c3ccc(C(N)CCN(C)C)nc3)cc12. The number of rotatable bonds is 6. The van der Waals surface area contributed by atoms with E-state index >= 15 is 0 Å². The summed E-state index contributed by atoms with van der Waals surface area (Å²) in [5.74, 6) is 0.949. The molecule has 0 bridgehead atoms. The van der Waals surface area contributed by atoms with Gasteiger partial charge in [0.05, 0.1) is 46.3 Å². The second kappa shape index (κ2) is 9.53. The van der Waals surface area contributed by atoms with Crippen molar-refractivity contribution in [3.8, 4) is 11.1 Å². The van der Waals surface area contributed by atoms with Gasteiger partial charge in [-0.2, -0.15) is 0 Å². The van der Waals surface area contributed by atoms with E-state index in [2.05, 4.69) is 71.4 Å². The van der Waals surface area contributed by atoms with Crippen LogP contribution >= 0.6 is 0 Å². The minimum atomic E-state index is -0.0679. The highest BCUT2D eigenvalue weighted by molar-refractivity contribution is 5.85. The lowest BCUT2D eigenvalue weighted by Crippen LogP contribution is -2.46. The van der Waals surface area contributed by atoms with Crippen LogP contribution in [0.25, 0.3) is 27.7 Å². The van der Waals surface area contributed by atoms with Crippen molar-refractivity contribution in [1.29, 1.82) is 0 Å². The summed E-state index contributed by atoms with van der Waals surface area (Å²) >= 11 is 0. The van der Waals surface area contributed by atoms with Crippen LogP contribution in [-0.2, 0) is 4.74 Å². The zero-order chi connectivity index (χ0) is 24.7. The van der Waals surface area contributed by atoms with Crippen molar-refractivity contribution in [3.63, 3.8) is 0 Å². The van der Waals surface area contributed by atoms with Gasteiger partial charge in [0.15, 0.2) is 0 Å². The summed E-state index contributed by atoms with van der Waals surface area (Å²) in [6.07, 6.45) is 5.03. The highest BCUT2D eigenvalue weighted by Crippen LogP contribution is 2.30. The van der Waals surface area contributed by atoms with E-state index < -0.39 is 0 Å². The van der Waals surface area contributed by atoms with Crippen LogP contribution in [0, 0.1) is 6.92 Å². The summed E-state index contributed by atoms with van der Waals surface area (Å²) in [5, 5.41) is 0. The van der Waals surface area contributed by atoms with Gasteiger partial charge in [0, 0.05) is 30.9 Å². The summed E-state index contributed by atoms with van der Waals surface area (Å²) in [7, 11) is 4.12. The summed E-state index contributed by atoms with van der Waals surface area (Å²) in [4.78, 5) is 18.8. The number of morpholine rings is 1. The van der Waals surface area contributed by atoms with Crippen molar-refractivity contribution >= 4 is 22.5 Å². The number of aryl methyl sites for hydroxylation is 1. The average molecular weight is 474 g/mol. The maximum Gasteiger partial charge on any atom is 0.211 e. The molecular formula is C27H35N7O. The van der Waals surface area contributed by atoms with Gasteiger partial charge in [-0.25, -0.2) is 4.98 Å². The molecule has 35 heavy (non-hydrogen) atoms. The van der Waals surface area contributed by atoms with Crippen LogP contribution in [0.5, 0.6) is 0 Å². The van der Waals surface area contributed by atoms with Crippen molar-refractivity contribution in [2.75, 3.05) is 38.6 Å². The molecule has 1 aromatic carbocycles. The number of ether oxygens (including phenoxy) is 1. The lowest BCUT2D eigenvalue weighted by atomic mass is 10.0. The first-order chi connectivity index (χ1) is 16.8. The van der Waals surface area contributed by atoms with Gasteiger partial charge in [-0.05, 0) is 71.6 Å². The number of hydrogen-bond donors (Lipinski definition) is 1. The quantitative estimate of drug-likeness (QED) is 0.456. The van der Waals surface area contributed by atoms with E-state index in [-0.39, 0.29) is 18.2 Å². The predicted octanol–water partition coefficient (Wildman–Crippen LogP) is 3.82. The normalized spacial score (nSPS) is 19.7. The monoisotopic (exact) mass is 473 g/mol. The van der Waals surface area contributed by atoms with Crippen LogP contribution in [-0.4, -0.2) is 70.2 Å². The Kier molecular flexibility index (Phi) is 6.44. The largest absolute Gasteiger partial charge is 0.372 e. The van der Waals surface area contributed by atoms with Gasteiger partial charge in [-0.3, -0.25) is 14.4 Å². The molecule has 0 saturated carbocycles.